The van der Waals surface area contributed by atoms with E-state index in [1.54, 1.807) is 29.7 Å². The second kappa shape index (κ2) is 8.02. The molecule has 0 radical (unpaired) electrons. The molecule has 0 N–H and O–H groups in total. The number of thioether (sulfide) groups is 2. The fourth-order valence-electron chi connectivity index (χ4n) is 3.00. The summed E-state index contributed by atoms with van der Waals surface area (Å²) in [6.07, 6.45) is 5.70. The fraction of sp³-hybridized carbons (Fsp3) is 0.368. The van der Waals surface area contributed by atoms with Gasteiger partial charge in [0.15, 0.2) is 0 Å². The molecule has 0 spiro atoms. The molecule has 1 saturated heterocycles. The van der Waals surface area contributed by atoms with E-state index >= 15 is 0 Å². The molecule has 0 bridgehead atoms. The van der Waals surface area contributed by atoms with Crippen LogP contribution in [0.25, 0.3) is 11.1 Å². The first-order chi connectivity index (χ1) is 12.0. The van der Waals surface area contributed by atoms with Crippen LogP contribution in [0.5, 0.6) is 0 Å². The number of carbonyl (C=O) groups excluding carboxylic acids is 1. The molecule has 1 atom stereocenters. The average Bonchev–Trinajstić information content (AvgIpc) is 2.95. The van der Waals surface area contributed by atoms with E-state index in [1.165, 1.54) is 0 Å². The zero-order valence-electron chi connectivity index (χ0n) is 14.5. The van der Waals surface area contributed by atoms with Crippen LogP contribution < -0.4 is 0 Å². The minimum Gasteiger partial charge on any atom is -0.325 e. The topological polar surface area (TPSA) is 33.2 Å². The molecule has 1 unspecified atom stereocenters. The maximum absolute atomic E-state index is 12.3. The van der Waals surface area contributed by atoms with Crippen molar-refractivity contribution in [3.8, 4) is 11.1 Å². The van der Waals surface area contributed by atoms with Crippen molar-refractivity contribution in [2.24, 2.45) is 5.92 Å². The number of amides is 1. The highest BCUT2D eigenvalue weighted by Gasteiger charge is 2.34. The van der Waals surface area contributed by atoms with Crippen molar-refractivity contribution in [1.82, 2.24) is 9.88 Å². The number of aromatic nitrogens is 1. The Labute approximate surface area is 162 Å². The second-order valence-electron chi connectivity index (χ2n) is 6.42. The molecule has 1 amide bonds. The molecule has 132 valence electrons. The summed E-state index contributed by atoms with van der Waals surface area (Å²) >= 11 is 9.71. The predicted octanol–water partition coefficient (Wildman–Crippen LogP) is 5.35. The lowest BCUT2D eigenvalue weighted by molar-refractivity contribution is -0.128. The zero-order chi connectivity index (χ0) is 18.0. The second-order valence-corrected chi connectivity index (χ2v) is 8.74. The van der Waals surface area contributed by atoms with Crippen LogP contribution in [-0.4, -0.2) is 34.3 Å². The van der Waals surface area contributed by atoms with Crippen LogP contribution in [0.15, 0.2) is 41.6 Å². The van der Waals surface area contributed by atoms with E-state index < -0.39 is 0 Å². The summed E-state index contributed by atoms with van der Waals surface area (Å²) in [5.41, 5.74) is 3.22. The van der Waals surface area contributed by atoms with E-state index in [1.807, 2.05) is 35.6 Å². The van der Waals surface area contributed by atoms with Gasteiger partial charge in [-0.2, -0.15) is 0 Å². The summed E-state index contributed by atoms with van der Waals surface area (Å²) < 4.78 is 0. The van der Waals surface area contributed by atoms with Crippen LogP contribution in [0.1, 0.15) is 24.8 Å². The third-order valence-corrected chi connectivity index (χ3v) is 6.57. The number of hydrogen-bond acceptors (Lipinski definition) is 4. The standard InChI is InChI=1S/C19H21ClN2OS2/c1-12(2)10-22-18(23)11-25-19(22)15-9-21-7-6-14(15)13-4-5-17(24-3)16(20)8-13/h4-9,12,19H,10-11H2,1-3H3. The van der Waals surface area contributed by atoms with Crippen LogP contribution in [-0.2, 0) is 4.79 Å². The zero-order valence-corrected chi connectivity index (χ0v) is 16.9. The molecular formula is C19H21ClN2OS2. The SMILES string of the molecule is CSc1ccc(-c2ccncc2C2SCC(=O)N2CC(C)C)cc1Cl. The molecule has 1 fully saturated rings. The van der Waals surface area contributed by atoms with Gasteiger partial charge in [-0.1, -0.05) is 31.5 Å². The smallest absolute Gasteiger partial charge is 0.233 e. The molecule has 2 heterocycles. The van der Waals surface area contributed by atoms with Crippen molar-refractivity contribution < 1.29 is 4.79 Å². The molecule has 1 aromatic carbocycles. The van der Waals surface area contributed by atoms with Crippen molar-refractivity contribution in [3.63, 3.8) is 0 Å². The lowest BCUT2D eigenvalue weighted by atomic mass is 10.0. The summed E-state index contributed by atoms with van der Waals surface area (Å²) in [5, 5.41) is 0.763. The Kier molecular flexibility index (Phi) is 5.97. The molecule has 25 heavy (non-hydrogen) atoms. The highest BCUT2D eigenvalue weighted by Crippen LogP contribution is 2.43. The Hall–Kier alpha value is -1.17. The largest absolute Gasteiger partial charge is 0.325 e. The first kappa shape index (κ1) is 18.6. The van der Waals surface area contributed by atoms with Gasteiger partial charge < -0.3 is 4.90 Å². The van der Waals surface area contributed by atoms with E-state index in [9.17, 15) is 4.79 Å². The van der Waals surface area contributed by atoms with Gasteiger partial charge in [-0.25, -0.2) is 0 Å². The van der Waals surface area contributed by atoms with Crippen LogP contribution >= 0.6 is 35.1 Å². The minimum atomic E-state index is 0.0117. The summed E-state index contributed by atoms with van der Waals surface area (Å²) in [6, 6.07) is 8.15. The highest BCUT2D eigenvalue weighted by molar-refractivity contribution is 8.00. The van der Waals surface area contributed by atoms with Gasteiger partial charge in [-0.15, -0.1) is 23.5 Å². The molecule has 3 nitrogen and oxygen atoms in total. The minimum absolute atomic E-state index is 0.0117. The molecule has 1 aliphatic rings. The van der Waals surface area contributed by atoms with Gasteiger partial charge in [0, 0.05) is 29.4 Å². The van der Waals surface area contributed by atoms with Crippen molar-refractivity contribution in [3.05, 3.63) is 47.2 Å². The van der Waals surface area contributed by atoms with Crippen LogP contribution in [0.3, 0.4) is 0 Å². The van der Waals surface area contributed by atoms with Gasteiger partial charge in [-0.3, -0.25) is 9.78 Å². The Morgan fingerprint density at radius 3 is 2.88 bits per heavy atom. The van der Waals surface area contributed by atoms with E-state index in [4.69, 9.17) is 11.6 Å². The normalized spacial score (nSPS) is 17.6. The van der Waals surface area contributed by atoms with Crippen LogP contribution in [0.2, 0.25) is 5.02 Å². The number of rotatable bonds is 5. The average molecular weight is 393 g/mol. The van der Waals surface area contributed by atoms with Gasteiger partial charge in [-0.05, 0) is 41.5 Å². The number of nitrogens with zero attached hydrogens (tertiary/aromatic N) is 2. The molecular weight excluding hydrogens is 372 g/mol. The Bertz CT molecular complexity index is 782. The highest BCUT2D eigenvalue weighted by atomic mass is 35.5. The number of hydrogen-bond donors (Lipinski definition) is 0. The molecule has 0 saturated carbocycles. The Morgan fingerprint density at radius 2 is 2.20 bits per heavy atom. The van der Waals surface area contributed by atoms with Gasteiger partial charge in [0.1, 0.15) is 5.37 Å². The first-order valence-corrected chi connectivity index (χ1v) is 10.8. The van der Waals surface area contributed by atoms with E-state index in [0.29, 0.717) is 11.7 Å². The lowest BCUT2D eigenvalue weighted by Crippen LogP contribution is -2.31. The molecule has 3 rings (SSSR count). The van der Waals surface area contributed by atoms with Gasteiger partial charge in [0.25, 0.3) is 0 Å². The van der Waals surface area contributed by atoms with Crippen LogP contribution in [0.4, 0.5) is 0 Å². The summed E-state index contributed by atoms with van der Waals surface area (Å²) in [7, 11) is 0. The Balaban J connectivity index is 2.01. The monoisotopic (exact) mass is 392 g/mol. The van der Waals surface area contributed by atoms with E-state index in [2.05, 4.69) is 24.9 Å². The maximum atomic E-state index is 12.3. The number of halogens is 1. The van der Waals surface area contributed by atoms with Gasteiger partial charge >= 0.3 is 0 Å². The molecule has 0 aliphatic carbocycles. The van der Waals surface area contributed by atoms with Crippen LogP contribution in [0, 0.1) is 5.92 Å². The third kappa shape index (κ3) is 3.99. The van der Waals surface area contributed by atoms with E-state index in [0.717, 1.165) is 33.2 Å². The van der Waals surface area contributed by atoms with Gasteiger partial charge in [0.2, 0.25) is 5.91 Å². The molecule has 1 aliphatic heterocycles. The summed E-state index contributed by atoms with van der Waals surface area (Å²) in [5.74, 6) is 1.16. The predicted molar refractivity (Wildman–Crippen MR) is 108 cm³/mol. The number of benzene rings is 1. The van der Waals surface area contributed by atoms with Crippen molar-refractivity contribution >= 4 is 41.0 Å². The fourth-order valence-corrected chi connectivity index (χ4v) is 5.09. The third-order valence-electron chi connectivity index (χ3n) is 4.11. The molecule has 2 aromatic rings. The maximum Gasteiger partial charge on any atom is 0.233 e. The summed E-state index contributed by atoms with van der Waals surface area (Å²) in [4.78, 5) is 19.7. The lowest BCUT2D eigenvalue weighted by Gasteiger charge is -2.27. The quantitative estimate of drug-likeness (QED) is 0.642. The first-order valence-electron chi connectivity index (χ1n) is 8.20. The van der Waals surface area contributed by atoms with Gasteiger partial charge in [0.05, 0.1) is 10.8 Å². The van der Waals surface area contributed by atoms with Crippen molar-refractivity contribution in [2.45, 2.75) is 24.1 Å². The van der Waals surface area contributed by atoms with Crippen molar-refractivity contribution in [1.29, 1.82) is 0 Å². The number of carbonyl (C=O) groups is 1. The van der Waals surface area contributed by atoms with E-state index in [-0.39, 0.29) is 11.3 Å². The summed E-state index contributed by atoms with van der Waals surface area (Å²) in [6.45, 7) is 5.04. The number of pyridine rings is 1. The van der Waals surface area contributed by atoms with Crippen molar-refractivity contribution in [2.75, 3.05) is 18.6 Å². The molecule has 6 heteroatoms. The molecule has 1 aromatic heterocycles. The Morgan fingerprint density at radius 1 is 1.40 bits per heavy atom.